The number of hydrogen-bond acceptors (Lipinski definition) is 7. The molecule has 0 aliphatic rings. The van der Waals surface area contributed by atoms with E-state index in [1.165, 1.54) is 0 Å². The van der Waals surface area contributed by atoms with Crippen molar-refractivity contribution in [1.82, 2.24) is 14.7 Å². The highest BCUT2D eigenvalue weighted by Crippen LogP contribution is 2.31. The lowest BCUT2D eigenvalue weighted by molar-refractivity contribution is 0.355. The summed E-state index contributed by atoms with van der Waals surface area (Å²) in [5, 5.41) is 5.36. The van der Waals surface area contributed by atoms with E-state index in [1.807, 2.05) is 36.4 Å². The number of ether oxygens (including phenoxy) is 2. The summed E-state index contributed by atoms with van der Waals surface area (Å²) >= 11 is 1.11. The molecule has 0 fully saturated rings. The fourth-order valence-corrected chi connectivity index (χ4v) is 2.65. The number of methoxy groups -OCH3 is 2. The van der Waals surface area contributed by atoms with Crippen molar-refractivity contribution in [2.45, 2.75) is 6.54 Å². The zero-order valence-corrected chi connectivity index (χ0v) is 14.3. The number of nitrogens with zero attached hydrogens (tertiary/aromatic N) is 2. The third-order valence-corrected chi connectivity index (χ3v) is 3.97. The lowest BCUT2D eigenvalue weighted by atomic mass is 10.1. The molecule has 1 aromatic heterocycles. The van der Waals surface area contributed by atoms with Crippen LogP contribution in [0.2, 0.25) is 0 Å². The van der Waals surface area contributed by atoms with Crippen molar-refractivity contribution < 1.29 is 9.47 Å². The first-order valence-electron chi connectivity index (χ1n) is 7.32. The zero-order valence-electron chi connectivity index (χ0n) is 13.4. The maximum absolute atomic E-state index is 5.36. The summed E-state index contributed by atoms with van der Waals surface area (Å²) < 4.78 is 13.6. The molecule has 7 heteroatoms. The molecule has 0 unspecified atom stereocenters. The highest BCUT2D eigenvalue weighted by Gasteiger charge is 2.09. The highest BCUT2D eigenvalue weighted by molar-refractivity contribution is 7.95. The number of rotatable bonds is 6. The zero-order chi connectivity index (χ0) is 16.9. The molecule has 0 saturated carbocycles. The Bertz CT molecular complexity index is 840. The Balaban J connectivity index is 1.95. The van der Waals surface area contributed by atoms with Crippen molar-refractivity contribution >= 4 is 23.2 Å². The topological polar surface area (TPSA) is 82.3 Å². The summed E-state index contributed by atoms with van der Waals surface area (Å²) in [4.78, 5) is 9.17. The second-order valence-electron chi connectivity index (χ2n) is 5.09. The first kappa shape index (κ1) is 16.5. The van der Waals surface area contributed by atoms with Crippen molar-refractivity contribution in [2.24, 2.45) is 5.14 Å². The smallest absolute Gasteiger partial charge is 0.163 e. The number of hydrogen-bond donors (Lipinski definition) is 2. The third kappa shape index (κ3) is 3.43. The van der Waals surface area contributed by atoms with Gasteiger partial charge in [-0.15, -0.1) is 0 Å². The van der Waals surface area contributed by atoms with Crippen molar-refractivity contribution in [3.8, 4) is 22.8 Å². The molecule has 1 heterocycles. The van der Waals surface area contributed by atoms with Gasteiger partial charge in [-0.2, -0.15) is 0 Å². The first-order chi connectivity index (χ1) is 11.7. The van der Waals surface area contributed by atoms with Crippen LogP contribution in [0.15, 0.2) is 42.6 Å². The molecule has 0 bridgehead atoms. The van der Waals surface area contributed by atoms with E-state index < -0.39 is 0 Å². The van der Waals surface area contributed by atoms with Gasteiger partial charge in [-0.3, -0.25) is 10.1 Å². The van der Waals surface area contributed by atoms with Gasteiger partial charge in [0.15, 0.2) is 11.5 Å². The SMILES string of the molecule is COc1cc2ncc(-c3ccc(CNSN)cc3)nc2cc1OC. The van der Waals surface area contributed by atoms with Crippen molar-refractivity contribution in [2.75, 3.05) is 14.2 Å². The van der Waals surface area contributed by atoms with Gasteiger partial charge in [0.05, 0.1) is 37.1 Å². The Morgan fingerprint density at radius 2 is 1.71 bits per heavy atom. The molecule has 3 rings (SSSR count). The molecule has 0 atom stereocenters. The Morgan fingerprint density at radius 1 is 1.04 bits per heavy atom. The van der Waals surface area contributed by atoms with E-state index in [1.54, 1.807) is 20.4 Å². The molecule has 0 aliphatic carbocycles. The minimum atomic E-state index is 0.636. The summed E-state index contributed by atoms with van der Waals surface area (Å²) in [5.41, 5.74) is 4.48. The van der Waals surface area contributed by atoms with Gasteiger partial charge in [0, 0.05) is 36.4 Å². The average Bonchev–Trinajstić information content (AvgIpc) is 2.65. The molecule has 6 nitrogen and oxygen atoms in total. The van der Waals surface area contributed by atoms with Crippen LogP contribution in [0.4, 0.5) is 0 Å². The molecule has 0 radical (unpaired) electrons. The Kier molecular flexibility index (Phi) is 5.14. The largest absolute Gasteiger partial charge is 0.493 e. The molecule has 0 aliphatic heterocycles. The maximum Gasteiger partial charge on any atom is 0.163 e. The minimum absolute atomic E-state index is 0.636. The van der Waals surface area contributed by atoms with Gasteiger partial charge in [0.25, 0.3) is 0 Å². The molecule has 3 aromatic rings. The van der Waals surface area contributed by atoms with Crippen LogP contribution in [0.25, 0.3) is 22.3 Å². The van der Waals surface area contributed by atoms with Gasteiger partial charge in [0.1, 0.15) is 0 Å². The van der Waals surface area contributed by atoms with Crippen LogP contribution in [-0.2, 0) is 6.54 Å². The van der Waals surface area contributed by atoms with Gasteiger partial charge in [-0.25, -0.2) is 9.71 Å². The summed E-state index contributed by atoms with van der Waals surface area (Å²) in [6, 6.07) is 11.8. The van der Waals surface area contributed by atoms with E-state index in [2.05, 4.69) is 14.7 Å². The van der Waals surface area contributed by atoms with E-state index in [-0.39, 0.29) is 0 Å². The molecule has 0 spiro atoms. The summed E-state index contributed by atoms with van der Waals surface area (Å²) in [6.07, 6.45) is 1.76. The minimum Gasteiger partial charge on any atom is -0.493 e. The molecule has 3 N–H and O–H groups in total. The van der Waals surface area contributed by atoms with E-state index >= 15 is 0 Å². The van der Waals surface area contributed by atoms with Gasteiger partial charge < -0.3 is 9.47 Å². The fraction of sp³-hybridized carbons (Fsp3) is 0.176. The van der Waals surface area contributed by atoms with Gasteiger partial charge in [-0.05, 0) is 5.56 Å². The number of nitrogens with two attached hydrogens (primary N) is 1. The maximum atomic E-state index is 5.36. The Hall–Kier alpha value is -2.35. The second kappa shape index (κ2) is 7.48. The van der Waals surface area contributed by atoms with Gasteiger partial charge in [-0.1, -0.05) is 24.3 Å². The van der Waals surface area contributed by atoms with E-state index in [9.17, 15) is 0 Å². The predicted molar refractivity (Wildman–Crippen MR) is 96.7 cm³/mol. The normalized spacial score (nSPS) is 10.8. The summed E-state index contributed by atoms with van der Waals surface area (Å²) in [7, 11) is 3.21. The molecule has 24 heavy (non-hydrogen) atoms. The summed E-state index contributed by atoms with van der Waals surface area (Å²) in [5.74, 6) is 1.28. The number of nitrogens with one attached hydrogen (secondary N) is 1. The number of aromatic nitrogens is 2. The number of fused-ring (bicyclic) bond motifs is 1. The number of benzene rings is 2. The van der Waals surface area contributed by atoms with Gasteiger partial charge >= 0.3 is 0 Å². The molecule has 2 aromatic carbocycles. The second-order valence-corrected chi connectivity index (χ2v) is 5.61. The molecular formula is C17H18N4O2S. The monoisotopic (exact) mass is 342 g/mol. The first-order valence-corrected chi connectivity index (χ1v) is 8.20. The van der Waals surface area contributed by atoms with Crippen molar-refractivity contribution in [3.63, 3.8) is 0 Å². The standard InChI is InChI=1S/C17H18N4O2S/c1-22-16-7-13-14(8-17(16)23-2)21-15(10-19-13)12-5-3-11(4-6-12)9-20-24-18/h3-8,10,20H,9,18H2,1-2H3. The molecule has 0 amide bonds. The molecule has 124 valence electrons. The van der Waals surface area contributed by atoms with E-state index in [0.29, 0.717) is 18.0 Å². The predicted octanol–water partition coefficient (Wildman–Crippen LogP) is 2.93. The molecule has 0 saturated heterocycles. The van der Waals surface area contributed by atoms with E-state index in [4.69, 9.17) is 14.6 Å². The third-order valence-electron chi connectivity index (χ3n) is 3.66. The van der Waals surface area contributed by atoms with Crippen LogP contribution in [-0.4, -0.2) is 24.2 Å². The van der Waals surface area contributed by atoms with Crippen molar-refractivity contribution in [3.05, 3.63) is 48.2 Å². The lowest BCUT2D eigenvalue weighted by Gasteiger charge is -2.09. The van der Waals surface area contributed by atoms with Crippen LogP contribution in [0.5, 0.6) is 11.5 Å². The van der Waals surface area contributed by atoms with Crippen LogP contribution < -0.4 is 19.3 Å². The van der Waals surface area contributed by atoms with Crippen LogP contribution >= 0.6 is 12.1 Å². The van der Waals surface area contributed by atoms with Crippen LogP contribution in [0.3, 0.4) is 0 Å². The quantitative estimate of drug-likeness (QED) is 0.666. The van der Waals surface area contributed by atoms with Crippen LogP contribution in [0, 0.1) is 0 Å². The summed E-state index contributed by atoms with van der Waals surface area (Å²) in [6.45, 7) is 0.710. The lowest BCUT2D eigenvalue weighted by Crippen LogP contribution is -2.05. The highest BCUT2D eigenvalue weighted by atomic mass is 32.2. The van der Waals surface area contributed by atoms with E-state index in [0.717, 1.165) is 40.0 Å². The average molecular weight is 342 g/mol. The Morgan fingerprint density at radius 3 is 2.33 bits per heavy atom. The Labute approximate surface area is 144 Å². The fourth-order valence-electron chi connectivity index (χ4n) is 2.40. The molecular weight excluding hydrogens is 324 g/mol. The van der Waals surface area contributed by atoms with Crippen molar-refractivity contribution in [1.29, 1.82) is 0 Å². The van der Waals surface area contributed by atoms with Crippen LogP contribution in [0.1, 0.15) is 5.56 Å². The van der Waals surface area contributed by atoms with Gasteiger partial charge in [0.2, 0.25) is 0 Å².